The monoisotopic (exact) mass is 348 g/mol. The molecule has 0 radical (unpaired) electrons. The highest BCUT2D eigenvalue weighted by atomic mass is 16.5. The summed E-state index contributed by atoms with van der Waals surface area (Å²) in [6.07, 6.45) is 9.34. The van der Waals surface area contributed by atoms with Gasteiger partial charge in [0.15, 0.2) is 0 Å². The highest BCUT2D eigenvalue weighted by Gasteiger charge is 2.59. The maximum atomic E-state index is 12.2. The van der Waals surface area contributed by atoms with E-state index in [0.717, 1.165) is 37.0 Å². The van der Waals surface area contributed by atoms with Crippen molar-refractivity contribution in [2.75, 3.05) is 7.11 Å². The van der Waals surface area contributed by atoms with Crippen LogP contribution in [0.15, 0.2) is 0 Å². The zero-order valence-electron chi connectivity index (χ0n) is 16.5. The summed E-state index contributed by atoms with van der Waals surface area (Å²) in [5, 5.41) is 10.8. The lowest BCUT2D eigenvalue weighted by Crippen LogP contribution is -2.55. The van der Waals surface area contributed by atoms with Gasteiger partial charge in [-0.15, -0.1) is 0 Å². The van der Waals surface area contributed by atoms with Gasteiger partial charge >= 0.3 is 0 Å². The van der Waals surface area contributed by atoms with Crippen molar-refractivity contribution in [3.05, 3.63) is 0 Å². The fraction of sp³-hybridized carbons (Fsp3) is 0.955. The van der Waals surface area contributed by atoms with Gasteiger partial charge < -0.3 is 9.84 Å². The van der Waals surface area contributed by atoms with Crippen LogP contribution < -0.4 is 0 Å². The van der Waals surface area contributed by atoms with Gasteiger partial charge in [0.2, 0.25) is 0 Å². The molecule has 0 aromatic heterocycles. The maximum Gasteiger partial charge on any atom is 0.133 e. The predicted molar refractivity (Wildman–Crippen MR) is 98.1 cm³/mol. The fourth-order valence-corrected chi connectivity index (χ4v) is 8.04. The van der Waals surface area contributed by atoms with E-state index in [9.17, 15) is 9.90 Å². The van der Waals surface area contributed by atoms with Crippen LogP contribution >= 0.6 is 0 Å². The molecule has 0 aromatic carbocycles. The van der Waals surface area contributed by atoms with E-state index in [2.05, 4.69) is 6.92 Å². The molecule has 0 spiro atoms. The molecule has 0 aromatic rings. The van der Waals surface area contributed by atoms with Crippen LogP contribution in [0.3, 0.4) is 0 Å². The quantitative estimate of drug-likeness (QED) is 0.813. The largest absolute Gasteiger partial charge is 0.387 e. The molecule has 0 aliphatic heterocycles. The van der Waals surface area contributed by atoms with E-state index in [0.29, 0.717) is 23.5 Å². The number of methoxy groups -OCH3 is 1. The molecule has 0 amide bonds. The van der Waals surface area contributed by atoms with Crippen LogP contribution in [0.4, 0.5) is 0 Å². The Morgan fingerprint density at radius 3 is 2.48 bits per heavy atom. The summed E-state index contributed by atoms with van der Waals surface area (Å²) in [5.74, 6) is 4.42. The summed E-state index contributed by atoms with van der Waals surface area (Å²) >= 11 is 0. The molecule has 9 atom stereocenters. The average Bonchev–Trinajstić information content (AvgIpc) is 2.90. The lowest BCUT2D eigenvalue weighted by Gasteiger charge is -2.57. The first-order chi connectivity index (χ1) is 11.8. The van der Waals surface area contributed by atoms with Crippen LogP contribution in [0, 0.1) is 40.9 Å². The van der Waals surface area contributed by atoms with Crippen LogP contribution in [0.1, 0.15) is 72.1 Å². The number of ketones is 1. The number of carbonyl (C=O) groups is 1. The van der Waals surface area contributed by atoms with E-state index in [1.807, 2.05) is 13.8 Å². The number of fused-ring (bicyclic) bond motifs is 5. The minimum atomic E-state index is -0.668. The first-order valence-corrected chi connectivity index (χ1v) is 10.5. The van der Waals surface area contributed by atoms with E-state index in [-0.39, 0.29) is 11.5 Å². The van der Waals surface area contributed by atoms with Gasteiger partial charge in [0, 0.05) is 13.0 Å². The SMILES string of the molecule is CO[C@@H]1C[C@H]2[C@H](CC[C@@H]3[C@@H]2CC[C@]2(C)[C@@H](C(C)=O)CC[C@@H]32)C[C@]1(C)O. The van der Waals surface area contributed by atoms with Crippen molar-refractivity contribution in [2.45, 2.75) is 83.8 Å². The van der Waals surface area contributed by atoms with Crippen molar-refractivity contribution >= 4 is 5.78 Å². The van der Waals surface area contributed by atoms with Gasteiger partial charge in [-0.2, -0.15) is 0 Å². The van der Waals surface area contributed by atoms with Crippen molar-refractivity contribution in [3.8, 4) is 0 Å². The summed E-state index contributed by atoms with van der Waals surface area (Å²) in [5.41, 5.74) is -0.417. The Labute approximate surface area is 152 Å². The van der Waals surface area contributed by atoms with E-state index in [1.165, 1.54) is 32.1 Å². The van der Waals surface area contributed by atoms with E-state index >= 15 is 0 Å². The van der Waals surface area contributed by atoms with Gasteiger partial charge in [-0.1, -0.05) is 6.92 Å². The van der Waals surface area contributed by atoms with Gasteiger partial charge in [-0.25, -0.2) is 0 Å². The van der Waals surface area contributed by atoms with Crippen molar-refractivity contribution in [2.24, 2.45) is 40.9 Å². The molecule has 25 heavy (non-hydrogen) atoms. The van der Waals surface area contributed by atoms with Crippen LogP contribution in [-0.4, -0.2) is 29.7 Å². The molecule has 4 aliphatic carbocycles. The molecule has 3 nitrogen and oxygen atoms in total. The zero-order chi connectivity index (χ0) is 18.0. The minimum absolute atomic E-state index is 0.0191. The van der Waals surface area contributed by atoms with Crippen LogP contribution in [0.2, 0.25) is 0 Å². The molecule has 0 saturated heterocycles. The molecule has 4 fully saturated rings. The van der Waals surface area contributed by atoms with Crippen molar-refractivity contribution in [1.29, 1.82) is 0 Å². The second-order valence-electron chi connectivity index (χ2n) is 10.2. The Balaban J connectivity index is 1.57. The molecule has 0 bridgehead atoms. The van der Waals surface area contributed by atoms with Gasteiger partial charge in [-0.3, -0.25) is 4.79 Å². The van der Waals surface area contributed by atoms with Gasteiger partial charge in [0.1, 0.15) is 5.78 Å². The smallest absolute Gasteiger partial charge is 0.133 e. The first-order valence-electron chi connectivity index (χ1n) is 10.5. The van der Waals surface area contributed by atoms with Crippen molar-refractivity contribution < 1.29 is 14.6 Å². The van der Waals surface area contributed by atoms with Crippen molar-refractivity contribution in [3.63, 3.8) is 0 Å². The third-order valence-corrected chi connectivity index (χ3v) is 9.15. The minimum Gasteiger partial charge on any atom is -0.387 e. The number of hydrogen-bond acceptors (Lipinski definition) is 3. The Morgan fingerprint density at radius 1 is 1.04 bits per heavy atom. The molecular weight excluding hydrogens is 312 g/mol. The molecule has 3 heteroatoms. The molecule has 0 heterocycles. The third-order valence-electron chi connectivity index (χ3n) is 9.15. The Morgan fingerprint density at radius 2 is 1.80 bits per heavy atom. The summed E-state index contributed by atoms with van der Waals surface area (Å²) in [6, 6.07) is 0. The fourth-order valence-electron chi connectivity index (χ4n) is 8.04. The molecule has 142 valence electrons. The summed E-state index contributed by atoms with van der Waals surface area (Å²) in [4.78, 5) is 12.2. The average molecular weight is 349 g/mol. The molecule has 0 unspecified atom stereocenters. The summed E-state index contributed by atoms with van der Waals surface area (Å²) < 4.78 is 5.70. The Kier molecular flexibility index (Phi) is 4.35. The van der Waals surface area contributed by atoms with E-state index in [4.69, 9.17) is 4.74 Å². The molecular formula is C22H36O3. The third kappa shape index (κ3) is 2.64. The Bertz CT molecular complexity index is 541. The second-order valence-corrected chi connectivity index (χ2v) is 10.2. The topological polar surface area (TPSA) is 46.5 Å². The number of carbonyl (C=O) groups excluding carboxylic acids is 1. The lowest BCUT2D eigenvalue weighted by atomic mass is 9.48. The van der Waals surface area contributed by atoms with Gasteiger partial charge in [0.25, 0.3) is 0 Å². The number of ether oxygens (including phenoxy) is 1. The normalized spacial score (nSPS) is 55.2. The summed E-state index contributed by atoms with van der Waals surface area (Å²) in [7, 11) is 1.76. The second kappa shape index (κ2) is 6.05. The van der Waals surface area contributed by atoms with Gasteiger partial charge in [0.05, 0.1) is 11.7 Å². The van der Waals surface area contributed by atoms with Gasteiger partial charge in [-0.05, 0) is 100 Å². The number of aliphatic hydroxyl groups is 1. The number of hydrogen-bond donors (Lipinski definition) is 1. The highest BCUT2D eigenvalue weighted by molar-refractivity contribution is 5.79. The highest BCUT2D eigenvalue weighted by Crippen LogP contribution is 2.64. The van der Waals surface area contributed by atoms with Crippen LogP contribution in [-0.2, 0) is 9.53 Å². The lowest BCUT2D eigenvalue weighted by molar-refractivity contribution is -0.165. The van der Waals surface area contributed by atoms with Crippen LogP contribution in [0.5, 0.6) is 0 Å². The maximum absolute atomic E-state index is 12.2. The zero-order valence-corrected chi connectivity index (χ0v) is 16.5. The van der Waals surface area contributed by atoms with E-state index < -0.39 is 5.60 Å². The molecule has 1 N–H and O–H groups in total. The van der Waals surface area contributed by atoms with E-state index in [1.54, 1.807) is 7.11 Å². The molecule has 4 aliphatic rings. The van der Waals surface area contributed by atoms with Crippen molar-refractivity contribution in [1.82, 2.24) is 0 Å². The predicted octanol–water partition coefficient (Wildman–Crippen LogP) is 4.22. The summed E-state index contributed by atoms with van der Waals surface area (Å²) in [6.45, 7) is 6.20. The molecule has 4 rings (SSSR count). The molecule has 4 saturated carbocycles. The van der Waals surface area contributed by atoms with Crippen LogP contribution in [0.25, 0.3) is 0 Å². The number of Topliss-reactive ketones (excluding diaryl/α,β-unsaturated/α-hetero) is 1. The number of rotatable bonds is 2. The Hall–Kier alpha value is -0.410. The first kappa shape index (κ1) is 18.0. The standard InChI is InChI=1S/C22H36O3/c1-13(23)18-7-8-19-16-6-5-14-12-22(3,24)20(25-4)11-17(14)15(16)9-10-21(18,19)2/h14-20,24H,5-12H2,1-4H3/t14-,15+,16-,17+,18-,19+,20-,21-,22+/m1/s1.